The third-order valence-corrected chi connectivity index (χ3v) is 5.82. The van der Waals surface area contributed by atoms with E-state index in [0.717, 1.165) is 10.8 Å². The Balaban J connectivity index is 0.000000149. The van der Waals surface area contributed by atoms with Crippen LogP contribution in [0.15, 0.2) is 55.9 Å². The minimum Gasteiger partial charge on any atom is -0.461 e. The van der Waals surface area contributed by atoms with Crippen LogP contribution in [0, 0.1) is 0 Å². The molecule has 36 heavy (non-hydrogen) atoms. The summed E-state index contributed by atoms with van der Waals surface area (Å²) < 4.78 is 35.7. The summed E-state index contributed by atoms with van der Waals surface area (Å²) in [6.45, 7) is 0. The van der Waals surface area contributed by atoms with Crippen LogP contribution in [-0.2, 0) is 9.84 Å². The minimum atomic E-state index is -3.57. The number of sulfone groups is 1. The number of nitrogens with two attached hydrogens (primary N) is 2. The number of hydrogen-bond donors (Lipinski definition) is 2. The molecule has 6 aromatic rings. The van der Waals surface area contributed by atoms with Gasteiger partial charge >= 0.3 is 0 Å². The zero-order valence-corrected chi connectivity index (χ0v) is 20.2. The van der Waals surface area contributed by atoms with Gasteiger partial charge in [0.1, 0.15) is 0 Å². The van der Waals surface area contributed by atoms with Gasteiger partial charge in [0.2, 0.25) is 33.4 Å². The summed E-state index contributed by atoms with van der Waals surface area (Å²) in [5.41, 5.74) is 11.4. The Morgan fingerprint density at radius 2 is 1.33 bits per heavy atom. The van der Waals surface area contributed by atoms with Crippen LogP contribution in [0.2, 0.25) is 0 Å². The molecule has 0 aliphatic heterocycles. The molecule has 0 fully saturated rings. The first-order valence-electron chi connectivity index (χ1n) is 9.85. The first-order chi connectivity index (χ1) is 17.2. The second-order valence-corrected chi connectivity index (χ2v) is 9.64. The van der Waals surface area contributed by atoms with Crippen molar-refractivity contribution >= 4 is 45.1 Å². The maximum Gasteiger partial charge on any atom is 0.258 e. The smallest absolute Gasteiger partial charge is 0.258 e. The van der Waals surface area contributed by atoms with Crippen LogP contribution in [0.1, 0.15) is 0 Å². The largest absolute Gasteiger partial charge is 0.461 e. The Bertz CT molecular complexity index is 1780. The molecule has 0 saturated heterocycles. The molecule has 0 amide bonds. The van der Waals surface area contributed by atoms with Crippen LogP contribution in [0.25, 0.3) is 34.7 Å². The minimum absolute atomic E-state index is 0.0410. The lowest BCUT2D eigenvalue weighted by molar-refractivity contribution is 0.577. The van der Waals surface area contributed by atoms with Crippen molar-refractivity contribution in [1.82, 2.24) is 49.1 Å². The Kier molecular flexibility index (Phi) is 5.72. The summed E-state index contributed by atoms with van der Waals surface area (Å²) in [5.74, 6) is 2.27. The highest BCUT2D eigenvalue weighted by Gasteiger charge is 2.18. The molecule has 0 aliphatic carbocycles. The molecule has 6 aromatic heterocycles. The van der Waals surface area contributed by atoms with E-state index in [4.69, 9.17) is 20.3 Å². The number of anilines is 2. The monoisotopic (exact) mass is 528 g/mol. The van der Waals surface area contributed by atoms with Crippen molar-refractivity contribution in [3.63, 3.8) is 0 Å². The average molecular weight is 529 g/mol. The van der Waals surface area contributed by atoms with Gasteiger partial charge in [-0.15, -0.1) is 10.2 Å². The van der Waals surface area contributed by atoms with Gasteiger partial charge in [-0.05, 0) is 30.5 Å². The topological polar surface area (TPSA) is 224 Å². The number of nitrogen functional groups attached to an aromatic ring is 2. The van der Waals surface area contributed by atoms with Gasteiger partial charge in [-0.1, -0.05) is 11.8 Å². The molecular formula is C18H16N12O4S2. The molecule has 0 bridgehead atoms. The lowest BCUT2D eigenvalue weighted by Crippen LogP contribution is -2.11. The van der Waals surface area contributed by atoms with Gasteiger partial charge < -0.3 is 20.3 Å². The fourth-order valence-electron chi connectivity index (χ4n) is 2.85. The molecule has 0 unspecified atom stereocenters. The fraction of sp³-hybridized carbons (Fsp3) is 0.111. The van der Waals surface area contributed by atoms with Gasteiger partial charge in [0.05, 0.1) is 12.5 Å². The van der Waals surface area contributed by atoms with Gasteiger partial charge in [0, 0.05) is 6.26 Å². The van der Waals surface area contributed by atoms with E-state index in [1.165, 1.54) is 22.5 Å². The Labute approximate surface area is 205 Å². The van der Waals surface area contributed by atoms with Gasteiger partial charge in [0.15, 0.2) is 16.7 Å². The van der Waals surface area contributed by atoms with Crippen LogP contribution in [0.4, 0.5) is 11.9 Å². The van der Waals surface area contributed by atoms with Gasteiger partial charge in [0.25, 0.3) is 16.7 Å². The molecule has 0 aromatic carbocycles. The van der Waals surface area contributed by atoms with Gasteiger partial charge in [-0.3, -0.25) is 0 Å². The first-order valence-corrected chi connectivity index (χ1v) is 13.0. The van der Waals surface area contributed by atoms with Crippen LogP contribution < -0.4 is 11.5 Å². The third kappa shape index (κ3) is 4.41. The molecule has 18 heteroatoms. The molecular weight excluding hydrogens is 512 g/mol. The summed E-state index contributed by atoms with van der Waals surface area (Å²) in [6, 6.07) is 6.88. The SMILES string of the molecule is CS(=O)(=O)c1nc(N)n2nc(-c3ccco3)nc2n1.CSc1nc(N)n2nc(-c3ccco3)nc2n1. The van der Waals surface area contributed by atoms with E-state index in [1.807, 2.05) is 6.26 Å². The molecule has 6 rings (SSSR count). The predicted octanol–water partition coefficient (Wildman–Crippen LogP) is 0.848. The number of hydrogen-bond acceptors (Lipinski definition) is 15. The van der Waals surface area contributed by atoms with E-state index < -0.39 is 15.0 Å². The van der Waals surface area contributed by atoms with Crippen LogP contribution in [0.3, 0.4) is 0 Å². The summed E-state index contributed by atoms with van der Waals surface area (Å²) in [7, 11) is -3.57. The second-order valence-electron chi connectivity index (χ2n) is 6.95. The first kappa shape index (κ1) is 23.2. The zero-order chi connectivity index (χ0) is 25.4. The molecule has 0 radical (unpaired) electrons. The lowest BCUT2D eigenvalue weighted by atomic mass is 10.4. The number of nitrogens with zero attached hydrogens (tertiary/aromatic N) is 10. The Morgan fingerprint density at radius 1 is 0.806 bits per heavy atom. The van der Waals surface area contributed by atoms with Crippen molar-refractivity contribution in [3.8, 4) is 23.2 Å². The molecule has 0 saturated carbocycles. The number of aromatic nitrogens is 10. The number of fused-ring (bicyclic) bond motifs is 2. The van der Waals surface area contributed by atoms with Crippen molar-refractivity contribution in [3.05, 3.63) is 36.8 Å². The second kappa shape index (κ2) is 8.89. The third-order valence-electron chi connectivity index (χ3n) is 4.42. The Hall–Kier alpha value is -4.58. The lowest BCUT2D eigenvalue weighted by Gasteiger charge is -1.99. The van der Waals surface area contributed by atoms with E-state index >= 15 is 0 Å². The van der Waals surface area contributed by atoms with E-state index in [1.54, 1.807) is 30.5 Å². The van der Waals surface area contributed by atoms with Crippen molar-refractivity contribution in [2.24, 2.45) is 0 Å². The van der Waals surface area contributed by atoms with Crippen molar-refractivity contribution in [2.75, 3.05) is 24.0 Å². The standard InChI is InChI=1S/C9H8N6O3S.C9H8N6OS/c1-19(16,17)9-12-7(10)15-8(13-9)11-6(14-15)5-3-2-4-18-5;1-17-9-12-7(10)15-8(13-9)11-6(14-15)5-3-2-4-16-5/h2-4H,1H3,(H2,10,11,12,13,14);2-4H,1H3,(H2,10,11,12,13,14). The summed E-state index contributed by atoms with van der Waals surface area (Å²) in [5, 5.41) is 8.40. The molecule has 6 heterocycles. The molecule has 184 valence electrons. The number of furan rings is 2. The fourth-order valence-corrected chi connectivity index (χ4v) is 3.71. The van der Waals surface area contributed by atoms with Crippen molar-refractivity contribution in [2.45, 2.75) is 10.3 Å². The maximum absolute atomic E-state index is 11.4. The van der Waals surface area contributed by atoms with Crippen molar-refractivity contribution in [1.29, 1.82) is 0 Å². The van der Waals surface area contributed by atoms with Crippen LogP contribution >= 0.6 is 11.8 Å². The predicted molar refractivity (Wildman–Crippen MR) is 126 cm³/mol. The average Bonchev–Trinajstić information content (AvgIpc) is 3.64. The maximum atomic E-state index is 11.4. The van der Waals surface area contributed by atoms with Crippen LogP contribution in [0.5, 0.6) is 0 Å². The molecule has 16 nitrogen and oxygen atoms in total. The number of thioether (sulfide) groups is 1. The van der Waals surface area contributed by atoms with E-state index in [0.29, 0.717) is 28.3 Å². The molecule has 0 spiro atoms. The van der Waals surface area contributed by atoms with Gasteiger partial charge in [-0.25, -0.2) is 8.42 Å². The highest BCUT2D eigenvalue weighted by molar-refractivity contribution is 7.98. The van der Waals surface area contributed by atoms with E-state index in [-0.39, 0.29) is 23.5 Å². The highest BCUT2D eigenvalue weighted by atomic mass is 32.2. The van der Waals surface area contributed by atoms with Crippen LogP contribution in [-0.4, -0.2) is 70.1 Å². The number of rotatable bonds is 4. The quantitative estimate of drug-likeness (QED) is 0.302. The highest BCUT2D eigenvalue weighted by Crippen LogP contribution is 2.19. The van der Waals surface area contributed by atoms with E-state index in [2.05, 4.69) is 40.1 Å². The van der Waals surface area contributed by atoms with Gasteiger partial charge in [-0.2, -0.15) is 38.9 Å². The zero-order valence-electron chi connectivity index (χ0n) is 18.5. The normalized spacial score (nSPS) is 11.6. The Morgan fingerprint density at radius 3 is 1.81 bits per heavy atom. The van der Waals surface area contributed by atoms with E-state index in [9.17, 15) is 8.42 Å². The molecule has 4 N–H and O–H groups in total. The van der Waals surface area contributed by atoms with Crippen molar-refractivity contribution < 1.29 is 17.3 Å². The molecule has 0 atom stereocenters. The summed E-state index contributed by atoms with van der Waals surface area (Å²) in [6.07, 6.45) is 5.89. The summed E-state index contributed by atoms with van der Waals surface area (Å²) in [4.78, 5) is 24.1. The summed E-state index contributed by atoms with van der Waals surface area (Å²) >= 11 is 1.40. The molecule has 0 aliphatic rings.